The predicted octanol–water partition coefficient (Wildman–Crippen LogP) is -1.53. The van der Waals surface area contributed by atoms with Gasteiger partial charge in [-0.25, -0.2) is 13.8 Å². The van der Waals surface area contributed by atoms with E-state index in [-0.39, 0.29) is 23.7 Å². The number of fused-ring (bicyclic) bond motifs is 1. The first-order chi connectivity index (χ1) is 12.1. The zero-order chi connectivity index (χ0) is 19.4. The van der Waals surface area contributed by atoms with Gasteiger partial charge in [0.05, 0.1) is 12.1 Å². The Bertz CT molecular complexity index is 1010. The normalized spacial score (nSPS) is 26.3. The number of hydrogen-bond acceptors (Lipinski definition) is 7. The van der Waals surface area contributed by atoms with Crippen LogP contribution in [0, 0.1) is 12.3 Å². The minimum absolute atomic E-state index is 0.180. The summed E-state index contributed by atoms with van der Waals surface area (Å²) in [6.45, 7) is 2.36. The Labute approximate surface area is 146 Å². The van der Waals surface area contributed by atoms with Gasteiger partial charge in [0.15, 0.2) is 23.6 Å². The molecule has 0 unspecified atom stereocenters. The Balaban J connectivity index is 2.26. The van der Waals surface area contributed by atoms with Gasteiger partial charge >= 0.3 is 5.69 Å². The Kier molecular flexibility index (Phi) is 4.14. The van der Waals surface area contributed by atoms with E-state index in [9.17, 15) is 24.2 Å². The van der Waals surface area contributed by atoms with Gasteiger partial charge in [0, 0.05) is 0 Å². The molecule has 0 aliphatic carbocycles. The van der Waals surface area contributed by atoms with Crippen LogP contribution in [0.2, 0.25) is 0 Å². The summed E-state index contributed by atoms with van der Waals surface area (Å²) in [6, 6.07) is 0. The third-order valence-electron chi connectivity index (χ3n) is 4.22. The highest BCUT2D eigenvalue weighted by atomic mass is 19.1. The summed E-state index contributed by atoms with van der Waals surface area (Å²) in [7, 11) is 0. The van der Waals surface area contributed by atoms with E-state index in [2.05, 4.69) is 15.9 Å². The number of aromatic amines is 1. The number of anilines is 1. The molecule has 11 heteroatoms. The van der Waals surface area contributed by atoms with Crippen molar-refractivity contribution in [2.45, 2.75) is 50.6 Å². The van der Waals surface area contributed by atoms with Crippen LogP contribution in [0.25, 0.3) is 11.2 Å². The number of H-pyrrole nitrogens is 1. The molecular weight excluding hydrogens is 349 g/mol. The molecule has 1 aliphatic rings. The van der Waals surface area contributed by atoms with Crippen LogP contribution in [0.5, 0.6) is 0 Å². The van der Waals surface area contributed by atoms with E-state index in [1.54, 1.807) is 0 Å². The van der Waals surface area contributed by atoms with Gasteiger partial charge in [-0.05, 0) is 13.8 Å². The van der Waals surface area contributed by atoms with Gasteiger partial charge in [0.25, 0.3) is 5.56 Å². The van der Waals surface area contributed by atoms with Gasteiger partial charge < -0.3 is 20.7 Å². The fourth-order valence-corrected chi connectivity index (χ4v) is 3.08. The first kappa shape index (κ1) is 18.1. The average molecular weight is 367 g/mol. The molecule has 26 heavy (non-hydrogen) atoms. The predicted molar refractivity (Wildman–Crippen MR) is 89.0 cm³/mol. The number of ether oxygens (including phenoxy) is 1. The molecule has 0 aromatic carbocycles. The maximum Gasteiger partial charge on any atom is 0.333 e. The zero-order valence-electron chi connectivity index (χ0n) is 14.0. The van der Waals surface area contributed by atoms with Crippen LogP contribution in [0.15, 0.2) is 9.59 Å². The molecule has 0 bridgehead atoms. The molecule has 2 aromatic heterocycles. The van der Waals surface area contributed by atoms with E-state index >= 15 is 0 Å². The summed E-state index contributed by atoms with van der Waals surface area (Å²) < 4.78 is 21.6. The number of rotatable bonds is 3. The number of nitrogens with two attached hydrogens (primary N) is 1. The number of nitrogens with one attached hydrogen (secondary N) is 1. The molecule has 140 valence electrons. The number of nitrogens with zero attached hydrogens (tertiary/aromatic N) is 3. The summed E-state index contributed by atoms with van der Waals surface area (Å²) in [5.74, 6) is 1.96. The van der Waals surface area contributed by atoms with Crippen LogP contribution in [-0.4, -0.2) is 53.3 Å². The SMILES string of the molecule is C#CCn1c(=O)n([C@@H]2O[C@H](C(C)(C)O)[C@@H](F)[C@H]2O)c2nc(N)[nH]c(=O)c21. The van der Waals surface area contributed by atoms with Crippen LogP contribution < -0.4 is 17.0 Å². The topological polar surface area (TPSA) is 148 Å². The number of alkyl halides is 1. The molecule has 5 N–H and O–H groups in total. The number of halogens is 1. The van der Waals surface area contributed by atoms with E-state index in [1.807, 2.05) is 0 Å². The largest absolute Gasteiger partial charge is 0.388 e. The van der Waals surface area contributed by atoms with E-state index in [1.165, 1.54) is 13.8 Å². The second kappa shape index (κ2) is 5.94. The molecule has 1 saturated heterocycles. The monoisotopic (exact) mass is 367 g/mol. The molecule has 3 heterocycles. The average Bonchev–Trinajstić information content (AvgIpc) is 2.96. The number of aliphatic hydroxyl groups is 2. The lowest BCUT2D eigenvalue weighted by molar-refractivity contribution is -0.116. The number of hydrogen-bond donors (Lipinski definition) is 4. The third kappa shape index (κ3) is 2.59. The van der Waals surface area contributed by atoms with E-state index in [0.29, 0.717) is 0 Å². The maximum absolute atomic E-state index is 14.5. The minimum Gasteiger partial charge on any atom is -0.388 e. The van der Waals surface area contributed by atoms with Gasteiger partial charge in [-0.1, -0.05) is 5.92 Å². The maximum atomic E-state index is 14.5. The summed E-state index contributed by atoms with van der Waals surface area (Å²) in [4.78, 5) is 31.1. The standard InChI is InChI=1S/C15H18FN5O5/c1-4-5-20-7-10(18-13(17)19-11(7)23)21(14(20)24)12-8(22)6(16)9(26-12)15(2,3)25/h1,6,8-9,12,22,25H,5H2,2-3H3,(H3,17,18,19,23)/t6-,8+,9-,12+/m0/s1. The summed E-state index contributed by atoms with van der Waals surface area (Å²) in [5.41, 5.74) is 1.98. The van der Waals surface area contributed by atoms with Crippen LogP contribution in [-0.2, 0) is 11.3 Å². The second-order valence-electron chi connectivity index (χ2n) is 6.60. The van der Waals surface area contributed by atoms with Crippen molar-refractivity contribution in [1.82, 2.24) is 19.1 Å². The third-order valence-corrected chi connectivity index (χ3v) is 4.22. The van der Waals surface area contributed by atoms with Crippen molar-refractivity contribution in [2.75, 3.05) is 5.73 Å². The second-order valence-corrected chi connectivity index (χ2v) is 6.60. The van der Waals surface area contributed by atoms with Crippen LogP contribution in [0.1, 0.15) is 20.1 Å². The van der Waals surface area contributed by atoms with Gasteiger partial charge in [0.1, 0.15) is 12.2 Å². The van der Waals surface area contributed by atoms with E-state index in [0.717, 1.165) is 9.13 Å². The van der Waals surface area contributed by atoms with Crippen molar-refractivity contribution in [2.24, 2.45) is 0 Å². The van der Waals surface area contributed by atoms with Crippen molar-refractivity contribution in [3.63, 3.8) is 0 Å². The van der Waals surface area contributed by atoms with Gasteiger partial charge in [-0.2, -0.15) is 4.98 Å². The Morgan fingerprint density at radius 3 is 2.69 bits per heavy atom. The molecule has 4 atom stereocenters. The molecule has 2 aromatic rings. The lowest BCUT2D eigenvalue weighted by atomic mass is 9.97. The number of terminal acetylenes is 1. The Morgan fingerprint density at radius 2 is 2.15 bits per heavy atom. The molecular formula is C15H18FN5O5. The Morgan fingerprint density at radius 1 is 1.50 bits per heavy atom. The van der Waals surface area contributed by atoms with E-state index in [4.69, 9.17) is 16.9 Å². The highest BCUT2D eigenvalue weighted by molar-refractivity contribution is 5.72. The zero-order valence-corrected chi connectivity index (χ0v) is 14.0. The first-order valence-corrected chi connectivity index (χ1v) is 7.72. The van der Waals surface area contributed by atoms with E-state index < -0.39 is 41.5 Å². The number of nitrogen functional groups attached to an aromatic ring is 1. The molecule has 0 saturated carbocycles. The first-order valence-electron chi connectivity index (χ1n) is 7.72. The lowest BCUT2D eigenvalue weighted by Gasteiger charge is -2.26. The molecule has 3 rings (SSSR count). The van der Waals surface area contributed by atoms with Crippen LogP contribution >= 0.6 is 0 Å². The highest BCUT2D eigenvalue weighted by Crippen LogP contribution is 2.36. The van der Waals surface area contributed by atoms with Crippen molar-refractivity contribution in [1.29, 1.82) is 0 Å². The van der Waals surface area contributed by atoms with Crippen molar-refractivity contribution >= 4 is 17.1 Å². The molecule has 0 radical (unpaired) electrons. The van der Waals surface area contributed by atoms with Gasteiger partial charge in [-0.3, -0.25) is 14.3 Å². The quantitative estimate of drug-likeness (QED) is 0.481. The number of imidazole rings is 1. The van der Waals surface area contributed by atoms with Crippen LogP contribution in [0.3, 0.4) is 0 Å². The van der Waals surface area contributed by atoms with Crippen molar-refractivity contribution < 1.29 is 19.3 Å². The van der Waals surface area contributed by atoms with Gasteiger partial charge in [0.2, 0.25) is 5.95 Å². The fourth-order valence-electron chi connectivity index (χ4n) is 3.08. The lowest BCUT2D eigenvalue weighted by Crippen LogP contribution is -2.42. The summed E-state index contributed by atoms with van der Waals surface area (Å²) in [5, 5.41) is 20.3. The van der Waals surface area contributed by atoms with Gasteiger partial charge in [-0.15, -0.1) is 6.42 Å². The summed E-state index contributed by atoms with van der Waals surface area (Å²) in [6.07, 6.45) is -1.44. The highest BCUT2D eigenvalue weighted by Gasteiger charge is 2.52. The molecule has 1 aliphatic heterocycles. The van der Waals surface area contributed by atoms with Crippen LogP contribution in [0.4, 0.5) is 10.3 Å². The van der Waals surface area contributed by atoms with Crippen molar-refractivity contribution in [3.8, 4) is 12.3 Å². The van der Waals surface area contributed by atoms with Crippen molar-refractivity contribution in [3.05, 3.63) is 20.8 Å². The number of aromatic nitrogens is 4. The smallest absolute Gasteiger partial charge is 0.333 e. The Hall–Kier alpha value is -2.68. The summed E-state index contributed by atoms with van der Waals surface area (Å²) >= 11 is 0. The molecule has 0 spiro atoms. The molecule has 0 amide bonds. The fraction of sp³-hybridized carbons (Fsp3) is 0.533. The number of aliphatic hydroxyl groups excluding tert-OH is 1. The molecule has 10 nitrogen and oxygen atoms in total. The minimum atomic E-state index is -1.97. The molecule has 1 fully saturated rings.